The fraction of sp³-hybridized carbons (Fsp3) is 0.529. The molecule has 0 saturated carbocycles. The SMILES string of the molecule is c1ccc(OCc2noc(CN3CCCCCCC3)n2)cc1. The third-order valence-electron chi connectivity index (χ3n) is 3.93. The summed E-state index contributed by atoms with van der Waals surface area (Å²) in [5.74, 6) is 2.11. The van der Waals surface area contributed by atoms with Gasteiger partial charge < -0.3 is 9.26 Å². The number of benzene rings is 1. The lowest BCUT2D eigenvalue weighted by atomic mass is 10.1. The monoisotopic (exact) mass is 301 g/mol. The minimum absolute atomic E-state index is 0.341. The first kappa shape index (κ1) is 15.0. The van der Waals surface area contributed by atoms with Crippen LogP contribution in [0.3, 0.4) is 0 Å². The van der Waals surface area contributed by atoms with Crippen LogP contribution in [-0.4, -0.2) is 28.1 Å². The second-order valence-corrected chi connectivity index (χ2v) is 5.75. The minimum Gasteiger partial charge on any atom is -0.485 e. The molecule has 1 aliphatic rings. The highest BCUT2D eigenvalue weighted by molar-refractivity contribution is 5.20. The molecule has 0 spiro atoms. The van der Waals surface area contributed by atoms with Crippen molar-refractivity contribution in [1.29, 1.82) is 0 Å². The minimum atomic E-state index is 0.341. The van der Waals surface area contributed by atoms with E-state index in [0.717, 1.165) is 25.4 Å². The van der Waals surface area contributed by atoms with E-state index in [0.29, 0.717) is 18.3 Å². The second kappa shape index (κ2) is 7.94. The molecule has 5 heteroatoms. The molecular formula is C17H23N3O2. The molecule has 1 saturated heterocycles. The molecule has 1 fully saturated rings. The van der Waals surface area contributed by atoms with Gasteiger partial charge in [0.05, 0.1) is 6.54 Å². The summed E-state index contributed by atoms with van der Waals surface area (Å²) in [6.45, 7) is 3.34. The fourth-order valence-corrected chi connectivity index (χ4v) is 2.74. The van der Waals surface area contributed by atoms with Gasteiger partial charge in [0.25, 0.3) is 0 Å². The Balaban J connectivity index is 1.50. The maximum absolute atomic E-state index is 5.63. The Bertz CT molecular complexity index is 548. The summed E-state index contributed by atoms with van der Waals surface area (Å²) in [6.07, 6.45) is 6.55. The molecule has 5 nitrogen and oxygen atoms in total. The van der Waals surface area contributed by atoms with Crippen molar-refractivity contribution in [1.82, 2.24) is 15.0 Å². The van der Waals surface area contributed by atoms with Crippen LogP contribution in [0, 0.1) is 0 Å². The molecule has 0 amide bonds. The molecule has 3 rings (SSSR count). The van der Waals surface area contributed by atoms with E-state index in [1.807, 2.05) is 30.3 Å². The summed E-state index contributed by atoms with van der Waals surface area (Å²) in [5, 5.41) is 4.00. The lowest BCUT2D eigenvalue weighted by Gasteiger charge is -2.22. The topological polar surface area (TPSA) is 51.4 Å². The van der Waals surface area contributed by atoms with Crippen LogP contribution < -0.4 is 4.74 Å². The number of hydrogen-bond acceptors (Lipinski definition) is 5. The van der Waals surface area contributed by atoms with Gasteiger partial charge in [-0.15, -0.1) is 0 Å². The molecule has 22 heavy (non-hydrogen) atoms. The molecule has 0 bridgehead atoms. The van der Waals surface area contributed by atoms with Crippen molar-refractivity contribution in [2.24, 2.45) is 0 Å². The summed E-state index contributed by atoms with van der Waals surface area (Å²) in [4.78, 5) is 6.84. The van der Waals surface area contributed by atoms with Gasteiger partial charge in [-0.1, -0.05) is 42.6 Å². The van der Waals surface area contributed by atoms with Gasteiger partial charge in [0.1, 0.15) is 5.75 Å². The van der Waals surface area contributed by atoms with Gasteiger partial charge in [-0.05, 0) is 38.1 Å². The highest BCUT2D eigenvalue weighted by Crippen LogP contribution is 2.14. The quantitative estimate of drug-likeness (QED) is 0.847. The third kappa shape index (κ3) is 4.56. The molecule has 2 heterocycles. The number of aromatic nitrogens is 2. The van der Waals surface area contributed by atoms with Crippen molar-refractivity contribution >= 4 is 0 Å². The zero-order chi connectivity index (χ0) is 15.0. The van der Waals surface area contributed by atoms with E-state index in [-0.39, 0.29) is 0 Å². The predicted molar refractivity (Wildman–Crippen MR) is 83.4 cm³/mol. The molecular weight excluding hydrogens is 278 g/mol. The van der Waals surface area contributed by atoms with Crippen molar-refractivity contribution in [3.05, 3.63) is 42.0 Å². The smallest absolute Gasteiger partial charge is 0.240 e. The molecule has 118 valence electrons. The molecule has 2 aromatic rings. The Morgan fingerprint density at radius 2 is 1.73 bits per heavy atom. The zero-order valence-electron chi connectivity index (χ0n) is 12.9. The van der Waals surface area contributed by atoms with E-state index in [1.54, 1.807) is 0 Å². The maximum atomic E-state index is 5.63. The van der Waals surface area contributed by atoms with Crippen molar-refractivity contribution in [2.75, 3.05) is 13.1 Å². The van der Waals surface area contributed by atoms with Crippen molar-refractivity contribution in [2.45, 2.75) is 45.3 Å². The molecule has 0 aliphatic carbocycles. The molecule has 0 unspecified atom stereocenters. The van der Waals surface area contributed by atoms with Crippen LogP contribution in [0.2, 0.25) is 0 Å². The van der Waals surface area contributed by atoms with Crippen LogP contribution in [0.1, 0.15) is 43.8 Å². The summed E-state index contributed by atoms with van der Waals surface area (Å²) in [6, 6.07) is 9.68. The number of para-hydroxylation sites is 1. The van der Waals surface area contributed by atoms with Gasteiger partial charge in [0.15, 0.2) is 6.61 Å². The average Bonchev–Trinajstić information content (AvgIpc) is 2.96. The van der Waals surface area contributed by atoms with Crippen LogP contribution >= 0.6 is 0 Å². The Hall–Kier alpha value is -1.88. The standard InChI is InChI=1S/C17H23N3O2/c1-2-7-11-20(12-8-3-1)13-17-18-16(19-22-17)14-21-15-9-5-4-6-10-15/h4-6,9-10H,1-3,7-8,11-14H2. The Morgan fingerprint density at radius 3 is 2.50 bits per heavy atom. The molecule has 0 radical (unpaired) electrons. The summed E-state index contributed by atoms with van der Waals surface area (Å²) in [7, 11) is 0. The average molecular weight is 301 g/mol. The van der Waals surface area contributed by atoms with Gasteiger partial charge >= 0.3 is 0 Å². The molecule has 0 atom stereocenters. The van der Waals surface area contributed by atoms with Crippen LogP contribution in [0.4, 0.5) is 0 Å². The summed E-state index contributed by atoms with van der Waals surface area (Å²) < 4.78 is 11.0. The van der Waals surface area contributed by atoms with Crippen molar-refractivity contribution < 1.29 is 9.26 Å². The number of likely N-dealkylation sites (tertiary alicyclic amines) is 1. The molecule has 1 aliphatic heterocycles. The summed E-state index contributed by atoms with van der Waals surface area (Å²) >= 11 is 0. The van der Waals surface area contributed by atoms with Gasteiger partial charge in [-0.2, -0.15) is 4.98 Å². The number of nitrogens with zero attached hydrogens (tertiary/aromatic N) is 3. The Morgan fingerprint density at radius 1 is 1.00 bits per heavy atom. The summed E-state index contributed by atoms with van der Waals surface area (Å²) in [5.41, 5.74) is 0. The zero-order valence-corrected chi connectivity index (χ0v) is 12.9. The number of rotatable bonds is 5. The van der Waals surface area contributed by atoms with Crippen LogP contribution in [-0.2, 0) is 13.2 Å². The van der Waals surface area contributed by atoms with Gasteiger partial charge in [-0.3, -0.25) is 4.90 Å². The molecule has 1 aromatic carbocycles. The van der Waals surface area contributed by atoms with E-state index in [1.165, 1.54) is 32.1 Å². The second-order valence-electron chi connectivity index (χ2n) is 5.75. The first-order chi connectivity index (χ1) is 10.9. The maximum Gasteiger partial charge on any atom is 0.240 e. The number of ether oxygens (including phenoxy) is 1. The normalized spacial score (nSPS) is 16.9. The fourth-order valence-electron chi connectivity index (χ4n) is 2.74. The van der Waals surface area contributed by atoms with Crippen molar-refractivity contribution in [3.63, 3.8) is 0 Å². The Kier molecular flexibility index (Phi) is 5.42. The van der Waals surface area contributed by atoms with E-state index in [4.69, 9.17) is 9.26 Å². The first-order valence-corrected chi connectivity index (χ1v) is 8.12. The van der Waals surface area contributed by atoms with Crippen LogP contribution in [0.15, 0.2) is 34.9 Å². The highest BCUT2D eigenvalue weighted by atomic mass is 16.5. The number of hydrogen-bond donors (Lipinski definition) is 0. The highest BCUT2D eigenvalue weighted by Gasteiger charge is 2.13. The van der Waals surface area contributed by atoms with Gasteiger partial charge in [-0.25, -0.2) is 0 Å². The van der Waals surface area contributed by atoms with Crippen LogP contribution in [0.25, 0.3) is 0 Å². The van der Waals surface area contributed by atoms with E-state index < -0.39 is 0 Å². The van der Waals surface area contributed by atoms with E-state index >= 15 is 0 Å². The molecule has 0 N–H and O–H groups in total. The first-order valence-electron chi connectivity index (χ1n) is 8.12. The van der Waals surface area contributed by atoms with Gasteiger partial charge in [0.2, 0.25) is 11.7 Å². The Labute approximate surface area is 131 Å². The lowest BCUT2D eigenvalue weighted by molar-refractivity contribution is 0.208. The van der Waals surface area contributed by atoms with Gasteiger partial charge in [0, 0.05) is 0 Å². The van der Waals surface area contributed by atoms with E-state index in [9.17, 15) is 0 Å². The lowest BCUT2D eigenvalue weighted by Crippen LogP contribution is -2.27. The predicted octanol–water partition coefficient (Wildman–Crippen LogP) is 3.41. The largest absolute Gasteiger partial charge is 0.485 e. The van der Waals surface area contributed by atoms with Crippen LogP contribution in [0.5, 0.6) is 5.75 Å². The van der Waals surface area contributed by atoms with Crippen molar-refractivity contribution in [3.8, 4) is 5.75 Å². The molecule has 1 aromatic heterocycles. The third-order valence-corrected chi connectivity index (χ3v) is 3.93. The van der Waals surface area contributed by atoms with E-state index in [2.05, 4.69) is 15.0 Å².